The lowest BCUT2D eigenvalue weighted by molar-refractivity contribution is 1.38. The fourth-order valence-corrected chi connectivity index (χ4v) is 2.64. The number of aromatic nitrogens is 1. The van der Waals surface area contributed by atoms with Crippen molar-refractivity contribution in [3.63, 3.8) is 0 Å². The van der Waals surface area contributed by atoms with Gasteiger partial charge in [0.2, 0.25) is 0 Å². The van der Waals surface area contributed by atoms with Crippen LogP contribution < -0.4 is 11.1 Å². The highest BCUT2D eigenvalue weighted by Crippen LogP contribution is 2.28. The molecule has 6 heteroatoms. The van der Waals surface area contributed by atoms with E-state index in [1.54, 1.807) is 11.3 Å². The SMILES string of the molecule is Br.Nc1ccc(Nc2nc(-c3ccc(Cl)cc3)cs2)cc1. The second-order valence-corrected chi connectivity index (χ2v) is 5.59. The molecule has 21 heavy (non-hydrogen) atoms. The Bertz CT molecular complexity index is 711. The van der Waals surface area contributed by atoms with Gasteiger partial charge in [-0.2, -0.15) is 0 Å². The number of halogens is 2. The summed E-state index contributed by atoms with van der Waals surface area (Å²) in [6.45, 7) is 0. The van der Waals surface area contributed by atoms with E-state index in [1.807, 2.05) is 53.9 Å². The van der Waals surface area contributed by atoms with E-state index in [2.05, 4.69) is 10.3 Å². The topological polar surface area (TPSA) is 50.9 Å². The molecule has 0 amide bonds. The summed E-state index contributed by atoms with van der Waals surface area (Å²) in [6.07, 6.45) is 0. The third-order valence-electron chi connectivity index (χ3n) is 2.81. The molecule has 0 aliphatic carbocycles. The highest BCUT2D eigenvalue weighted by atomic mass is 79.9. The van der Waals surface area contributed by atoms with Crippen molar-refractivity contribution < 1.29 is 0 Å². The van der Waals surface area contributed by atoms with E-state index in [-0.39, 0.29) is 17.0 Å². The molecular formula is C15H13BrClN3S. The Kier molecular flexibility index (Phi) is 5.22. The first-order valence-electron chi connectivity index (χ1n) is 6.05. The molecular weight excluding hydrogens is 370 g/mol. The van der Waals surface area contributed by atoms with E-state index < -0.39 is 0 Å². The van der Waals surface area contributed by atoms with E-state index >= 15 is 0 Å². The zero-order valence-electron chi connectivity index (χ0n) is 10.9. The number of hydrogen-bond acceptors (Lipinski definition) is 4. The minimum atomic E-state index is 0. The van der Waals surface area contributed by atoms with Gasteiger partial charge in [0.1, 0.15) is 0 Å². The van der Waals surface area contributed by atoms with Crippen LogP contribution >= 0.6 is 39.9 Å². The summed E-state index contributed by atoms with van der Waals surface area (Å²) in [6, 6.07) is 15.2. The van der Waals surface area contributed by atoms with Gasteiger partial charge in [-0.1, -0.05) is 23.7 Å². The molecule has 0 aliphatic rings. The molecule has 0 atom stereocenters. The smallest absolute Gasteiger partial charge is 0.187 e. The molecule has 0 unspecified atom stereocenters. The van der Waals surface area contributed by atoms with E-state index in [0.29, 0.717) is 0 Å². The van der Waals surface area contributed by atoms with Crippen molar-refractivity contribution in [2.24, 2.45) is 0 Å². The molecule has 3 N–H and O–H groups in total. The summed E-state index contributed by atoms with van der Waals surface area (Å²) in [4.78, 5) is 4.56. The van der Waals surface area contributed by atoms with Crippen LogP contribution in [0.25, 0.3) is 11.3 Å². The number of rotatable bonds is 3. The van der Waals surface area contributed by atoms with Crippen LogP contribution in [-0.4, -0.2) is 4.98 Å². The molecule has 3 nitrogen and oxygen atoms in total. The minimum absolute atomic E-state index is 0. The van der Waals surface area contributed by atoms with Gasteiger partial charge < -0.3 is 11.1 Å². The van der Waals surface area contributed by atoms with E-state index in [1.165, 1.54) is 0 Å². The lowest BCUT2D eigenvalue weighted by Crippen LogP contribution is -1.90. The first-order valence-corrected chi connectivity index (χ1v) is 7.30. The first kappa shape index (κ1) is 15.8. The molecule has 0 aliphatic heterocycles. The molecule has 0 saturated carbocycles. The first-order chi connectivity index (χ1) is 9.70. The van der Waals surface area contributed by atoms with Gasteiger partial charge >= 0.3 is 0 Å². The highest BCUT2D eigenvalue weighted by Gasteiger charge is 2.04. The Hall–Kier alpha value is -1.56. The van der Waals surface area contributed by atoms with Crippen LogP contribution in [0.1, 0.15) is 0 Å². The van der Waals surface area contributed by atoms with Crippen LogP contribution in [0.4, 0.5) is 16.5 Å². The van der Waals surface area contributed by atoms with Gasteiger partial charge in [0, 0.05) is 27.3 Å². The molecule has 0 bridgehead atoms. The number of nitrogen functional groups attached to an aromatic ring is 1. The van der Waals surface area contributed by atoms with E-state index in [0.717, 1.165) is 32.8 Å². The van der Waals surface area contributed by atoms with Crippen molar-refractivity contribution in [1.29, 1.82) is 0 Å². The number of nitrogens with one attached hydrogen (secondary N) is 1. The summed E-state index contributed by atoms with van der Waals surface area (Å²) in [7, 11) is 0. The molecule has 108 valence electrons. The molecule has 3 rings (SSSR count). The lowest BCUT2D eigenvalue weighted by atomic mass is 10.2. The average molecular weight is 383 g/mol. The van der Waals surface area contributed by atoms with Gasteiger partial charge in [0.15, 0.2) is 5.13 Å². The fourth-order valence-electron chi connectivity index (χ4n) is 1.77. The third-order valence-corrected chi connectivity index (χ3v) is 3.82. The fraction of sp³-hybridized carbons (Fsp3) is 0. The van der Waals surface area contributed by atoms with Gasteiger partial charge in [0.25, 0.3) is 0 Å². The number of nitrogens with two attached hydrogens (primary N) is 1. The number of benzene rings is 2. The second kappa shape index (κ2) is 6.93. The maximum atomic E-state index is 5.88. The predicted molar refractivity (Wildman–Crippen MR) is 97.0 cm³/mol. The van der Waals surface area contributed by atoms with Crippen LogP contribution in [0.3, 0.4) is 0 Å². The van der Waals surface area contributed by atoms with Gasteiger partial charge in [-0.25, -0.2) is 4.98 Å². The van der Waals surface area contributed by atoms with Crippen molar-refractivity contribution >= 4 is 56.4 Å². The number of nitrogens with zero attached hydrogens (tertiary/aromatic N) is 1. The molecule has 0 saturated heterocycles. The van der Waals surface area contributed by atoms with Crippen molar-refractivity contribution in [2.75, 3.05) is 11.1 Å². The molecule has 1 heterocycles. The Labute approximate surface area is 142 Å². The molecule has 1 aromatic heterocycles. The molecule has 2 aromatic carbocycles. The average Bonchev–Trinajstić information content (AvgIpc) is 2.91. The highest BCUT2D eigenvalue weighted by molar-refractivity contribution is 8.93. The summed E-state index contributed by atoms with van der Waals surface area (Å²) >= 11 is 7.45. The number of hydrogen-bond donors (Lipinski definition) is 2. The van der Waals surface area contributed by atoms with E-state index in [9.17, 15) is 0 Å². The second-order valence-electron chi connectivity index (χ2n) is 4.29. The molecule has 0 radical (unpaired) electrons. The third kappa shape index (κ3) is 3.97. The van der Waals surface area contributed by atoms with Gasteiger partial charge in [-0.05, 0) is 36.4 Å². The zero-order valence-corrected chi connectivity index (χ0v) is 14.2. The molecule has 0 fully saturated rings. The lowest BCUT2D eigenvalue weighted by Gasteiger charge is -2.02. The Balaban J connectivity index is 0.00000161. The van der Waals surface area contributed by atoms with E-state index in [4.69, 9.17) is 17.3 Å². The Morgan fingerprint density at radius 3 is 2.33 bits per heavy atom. The number of thiazole rings is 1. The molecule has 3 aromatic rings. The van der Waals surface area contributed by atoms with Crippen molar-refractivity contribution in [3.05, 3.63) is 58.9 Å². The standard InChI is InChI=1S/C15H12ClN3S.BrH/c16-11-3-1-10(2-4-11)14-9-20-15(19-14)18-13-7-5-12(17)6-8-13;/h1-9H,17H2,(H,18,19);1H. The van der Waals surface area contributed by atoms with Gasteiger partial charge in [-0.3, -0.25) is 0 Å². The van der Waals surface area contributed by atoms with Crippen LogP contribution in [0.15, 0.2) is 53.9 Å². The molecule has 0 spiro atoms. The maximum absolute atomic E-state index is 5.88. The van der Waals surface area contributed by atoms with Crippen molar-refractivity contribution in [3.8, 4) is 11.3 Å². The summed E-state index contributed by atoms with van der Waals surface area (Å²) < 4.78 is 0. The van der Waals surface area contributed by atoms with Crippen molar-refractivity contribution in [1.82, 2.24) is 4.98 Å². The monoisotopic (exact) mass is 381 g/mol. The van der Waals surface area contributed by atoms with Gasteiger partial charge in [-0.15, -0.1) is 28.3 Å². The summed E-state index contributed by atoms with van der Waals surface area (Å²) in [5.41, 5.74) is 9.36. The Morgan fingerprint density at radius 1 is 1.00 bits per heavy atom. The van der Waals surface area contributed by atoms with Crippen LogP contribution in [-0.2, 0) is 0 Å². The Morgan fingerprint density at radius 2 is 1.67 bits per heavy atom. The van der Waals surface area contributed by atoms with Crippen molar-refractivity contribution in [2.45, 2.75) is 0 Å². The van der Waals surface area contributed by atoms with Gasteiger partial charge in [0.05, 0.1) is 5.69 Å². The quantitative estimate of drug-likeness (QED) is 0.599. The maximum Gasteiger partial charge on any atom is 0.187 e. The minimum Gasteiger partial charge on any atom is -0.399 e. The zero-order chi connectivity index (χ0) is 13.9. The number of anilines is 3. The predicted octanol–water partition coefficient (Wildman–Crippen LogP) is 5.37. The summed E-state index contributed by atoms with van der Waals surface area (Å²) in [5, 5.41) is 6.85. The summed E-state index contributed by atoms with van der Waals surface area (Å²) in [5.74, 6) is 0. The van der Waals surface area contributed by atoms with Crippen LogP contribution in [0.5, 0.6) is 0 Å². The van der Waals surface area contributed by atoms with Crippen LogP contribution in [0, 0.1) is 0 Å². The largest absolute Gasteiger partial charge is 0.399 e. The normalized spacial score (nSPS) is 9.95. The van der Waals surface area contributed by atoms with Crippen LogP contribution in [0.2, 0.25) is 5.02 Å².